The second-order valence-corrected chi connectivity index (χ2v) is 4.80. The van der Waals surface area contributed by atoms with Crippen molar-refractivity contribution < 1.29 is 5.11 Å². The van der Waals surface area contributed by atoms with E-state index in [1.807, 2.05) is 70.2 Å². The number of phenols is 1. The Morgan fingerprint density at radius 3 is 2.29 bits per heavy atom. The molecule has 0 radical (unpaired) electrons. The van der Waals surface area contributed by atoms with Crippen molar-refractivity contribution in [3.8, 4) is 16.9 Å². The highest BCUT2D eigenvalue weighted by Crippen LogP contribution is 2.37. The number of hydrogen-bond acceptors (Lipinski definition) is 2. The normalized spacial score (nSPS) is 10.1. The van der Waals surface area contributed by atoms with Gasteiger partial charge in [-0.15, -0.1) is 0 Å². The number of fused-ring (bicyclic) bond motifs is 1. The second-order valence-electron chi connectivity index (χ2n) is 4.80. The Hall–Kier alpha value is -2.35. The summed E-state index contributed by atoms with van der Waals surface area (Å²) < 4.78 is 0. The monoisotopic (exact) mass is 279 g/mol. The molecule has 0 bridgehead atoms. The fraction of sp³-hybridized carbons (Fsp3) is 0.211. The van der Waals surface area contributed by atoms with Gasteiger partial charge in [-0.2, -0.15) is 0 Å². The Bertz CT molecular complexity index is 763. The third-order valence-corrected chi connectivity index (χ3v) is 3.51. The van der Waals surface area contributed by atoms with Gasteiger partial charge in [-0.3, -0.25) is 4.98 Å². The van der Waals surface area contributed by atoms with Gasteiger partial charge in [0.25, 0.3) is 0 Å². The molecule has 0 atom stereocenters. The van der Waals surface area contributed by atoms with E-state index in [1.54, 1.807) is 6.20 Å². The first kappa shape index (κ1) is 15.0. The first-order valence-electron chi connectivity index (χ1n) is 7.32. The molecule has 21 heavy (non-hydrogen) atoms. The van der Waals surface area contributed by atoms with Crippen LogP contribution < -0.4 is 0 Å². The van der Waals surface area contributed by atoms with Crippen molar-refractivity contribution in [1.82, 2.24) is 4.98 Å². The minimum atomic E-state index is 0.260. The highest BCUT2D eigenvalue weighted by Gasteiger charge is 2.12. The largest absolute Gasteiger partial charge is 0.505 e. The summed E-state index contributed by atoms with van der Waals surface area (Å²) in [5.74, 6) is 0.260. The van der Waals surface area contributed by atoms with Gasteiger partial charge < -0.3 is 5.11 Å². The van der Waals surface area contributed by atoms with Crippen LogP contribution in [0.2, 0.25) is 0 Å². The van der Waals surface area contributed by atoms with E-state index in [0.717, 1.165) is 27.6 Å². The number of aromatic nitrogens is 1. The molecule has 3 aromatic rings. The van der Waals surface area contributed by atoms with Crippen LogP contribution >= 0.6 is 0 Å². The minimum absolute atomic E-state index is 0.260. The molecule has 0 aliphatic heterocycles. The average molecular weight is 279 g/mol. The Balaban J connectivity index is 0.000000774. The molecule has 108 valence electrons. The Labute approximate surface area is 126 Å². The zero-order chi connectivity index (χ0) is 15.4. The van der Waals surface area contributed by atoms with Crippen molar-refractivity contribution in [2.75, 3.05) is 0 Å². The van der Waals surface area contributed by atoms with Crippen LogP contribution in [0.25, 0.3) is 22.0 Å². The molecule has 3 rings (SSSR count). The second kappa shape index (κ2) is 6.40. The van der Waals surface area contributed by atoms with Crippen LogP contribution in [0.5, 0.6) is 5.75 Å². The zero-order valence-corrected chi connectivity index (χ0v) is 13.0. The molecule has 0 spiro atoms. The first-order chi connectivity index (χ1) is 10.2. The van der Waals surface area contributed by atoms with E-state index in [-0.39, 0.29) is 5.75 Å². The van der Waals surface area contributed by atoms with Gasteiger partial charge in [0.1, 0.15) is 11.3 Å². The number of aromatic hydroxyl groups is 1. The maximum Gasteiger partial charge on any atom is 0.149 e. The molecule has 1 N–H and O–H groups in total. The molecule has 0 aliphatic rings. The number of hydrogen-bond donors (Lipinski definition) is 1. The lowest BCUT2D eigenvalue weighted by Crippen LogP contribution is -1.89. The topological polar surface area (TPSA) is 33.1 Å². The van der Waals surface area contributed by atoms with Crippen molar-refractivity contribution in [3.05, 3.63) is 59.8 Å². The van der Waals surface area contributed by atoms with Crippen molar-refractivity contribution in [3.63, 3.8) is 0 Å². The van der Waals surface area contributed by atoms with Crippen molar-refractivity contribution in [1.29, 1.82) is 0 Å². The van der Waals surface area contributed by atoms with E-state index in [1.165, 1.54) is 0 Å². The van der Waals surface area contributed by atoms with Gasteiger partial charge in [-0.05, 0) is 42.7 Å². The smallest absolute Gasteiger partial charge is 0.149 e. The van der Waals surface area contributed by atoms with Crippen LogP contribution in [0.15, 0.2) is 48.7 Å². The molecule has 1 heterocycles. The molecular weight excluding hydrogens is 258 g/mol. The van der Waals surface area contributed by atoms with Crippen molar-refractivity contribution in [2.24, 2.45) is 0 Å². The Morgan fingerprint density at radius 1 is 0.857 bits per heavy atom. The minimum Gasteiger partial charge on any atom is -0.505 e. The van der Waals surface area contributed by atoms with Gasteiger partial charge in [0.05, 0.1) is 0 Å². The van der Waals surface area contributed by atoms with Gasteiger partial charge in [-0.1, -0.05) is 44.2 Å². The molecular formula is C19H21NO. The Morgan fingerprint density at radius 2 is 1.57 bits per heavy atom. The fourth-order valence-corrected chi connectivity index (χ4v) is 2.48. The van der Waals surface area contributed by atoms with E-state index < -0.39 is 0 Å². The summed E-state index contributed by atoms with van der Waals surface area (Å²) in [7, 11) is 0. The van der Waals surface area contributed by atoms with Crippen molar-refractivity contribution >= 4 is 10.9 Å². The van der Waals surface area contributed by atoms with E-state index in [4.69, 9.17) is 0 Å². The summed E-state index contributed by atoms with van der Waals surface area (Å²) in [6.07, 6.45) is 1.71. The van der Waals surface area contributed by atoms with E-state index >= 15 is 0 Å². The van der Waals surface area contributed by atoms with Crippen LogP contribution in [0, 0.1) is 13.8 Å². The molecule has 2 aromatic carbocycles. The summed E-state index contributed by atoms with van der Waals surface area (Å²) in [5, 5.41) is 11.5. The lowest BCUT2D eigenvalue weighted by atomic mass is 9.96. The Kier molecular flexibility index (Phi) is 4.59. The van der Waals surface area contributed by atoms with Gasteiger partial charge in [0.2, 0.25) is 0 Å². The number of aryl methyl sites for hydroxylation is 2. The number of phenolic OH excluding ortho intramolecular Hbond substituents is 1. The van der Waals surface area contributed by atoms with Crippen LogP contribution in [-0.4, -0.2) is 10.1 Å². The molecule has 0 fully saturated rings. The van der Waals surface area contributed by atoms with Gasteiger partial charge in [0, 0.05) is 17.1 Å². The zero-order valence-electron chi connectivity index (χ0n) is 13.0. The standard InChI is InChI=1S/C17H15NO.C2H6/c1-11-6-3-4-7-13(11)15-10-12(2)14-8-5-9-18-16(14)17(15)19;1-2/h3-10,19H,1-2H3;1-2H3. The lowest BCUT2D eigenvalue weighted by molar-refractivity contribution is 0.482. The predicted octanol–water partition coefficient (Wildman–Crippen LogP) is 5.25. The summed E-state index contributed by atoms with van der Waals surface area (Å²) in [6.45, 7) is 8.10. The average Bonchev–Trinajstić information content (AvgIpc) is 2.54. The first-order valence-corrected chi connectivity index (χ1v) is 7.32. The third kappa shape index (κ3) is 2.75. The highest BCUT2D eigenvalue weighted by molar-refractivity contribution is 5.94. The molecule has 2 nitrogen and oxygen atoms in total. The number of nitrogens with zero attached hydrogens (tertiary/aromatic N) is 1. The SMILES string of the molecule is CC.Cc1ccccc1-c1cc(C)c2cccnc2c1O. The fourth-order valence-electron chi connectivity index (χ4n) is 2.48. The third-order valence-electron chi connectivity index (χ3n) is 3.51. The highest BCUT2D eigenvalue weighted by atomic mass is 16.3. The molecule has 0 amide bonds. The quantitative estimate of drug-likeness (QED) is 0.660. The molecule has 0 aliphatic carbocycles. The summed E-state index contributed by atoms with van der Waals surface area (Å²) in [5.41, 5.74) is 4.84. The van der Waals surface area contributed by atoms with Crippen molar-refractivity contribution in [2.45, 2.75) is 27.7 Å². The number of benzene rings is 2. The van der Waals surface area contributed by atoms with Gasteiger partial charge >= 0.3 is 0 Å². The molecule has 0 unspecified atom stereocenters. The predicted molar refractivity (Wildman–Crippen MR) is 89.7 cm³/mol. The van der Waals surface area contributed by atoms with E-state index in [0.29, 0.717) is 5.52 Å². The molecule has 2 heteroatoms. The van der Waals surface area contributed by atoms with Gasteiger partial charge in [0.15, 0.2) is 0 Å². The number of pyridine rings is 1. The van der Waals surface area contributed by atoms with Gasteiger partial charge in [-0.25, -0.2) is 0 Å². The van der Waals surface area contributed by atoms with E-state index in [2.05, 4.69) is 4.98 Å². The van der Waals surface area contributed by atoms with Crippen LogP contribution in [0.3, 0.4) is 0 Å². The van der Waals surface area contributed by atoms with Crippen LogP contribution in [0.4, 0.5) is 0 Å². The van der Waals surface area contributed by atoms with Crippen LogP contribution in [0.1, 0.15) is 25.0 Å². The summed E-state index contributed by atoms with van der Waals surface area (Å²) in [4.78, 5) is 4.31. The molecule has 1 aromatic heterocycles. The molecule has 0 saturated heterocycles. The van der Waals surface area contributed by atoms with E-state index in [9.17, 15) is 5.11 Å². The molecule has 0 saturated carbocycles. The summed E-state index contributed by atoms with van der Waals surface area (Å²) in [6, 6.07) is 14.0. The lowest BCUT2D eigenvalue weighted by Gasteiger charge is -2.12. The maximum absolute atomic E-state index is 10.5. The maximum atomic E-state index is 10.5. The van der Waals surface area contributed by atoms with Crippen LogP contribution in [-0.2, 0) is 0 Å². The number of rotatable bonds is 1. The summed E-state index contributed by atoms with van der Waals surface area (Å²) >= 11 is 0.